The number of aryl methyl sites for hydroxylation is 2. The molecule has 0 amide bonds. The van der Waals surface area contributed by atoms with Crippen LogP contribution in [0.25, 0.3) is 10.2 Å². The van der Waals surface area contributed by atoms with Crippen LogP contribution in [0, 0.1) is 0 Å². The number of hydrogen-bond donors (Lipinski definition) is 1. The quantitative estimate of drug-likeness (QED) is 0.748. The third kappa shape index (κ3) is 2.59. The lowest BCUT2D eigenvalue weighted by Gasteiger charge is -2.00. The van der Waals surface area contributed by atoms with Crippen molar-refractivity contribution in [2.45, 2.75) is 10.8 Å². The summed E-state index contributed by atoms with van der Waals surface area (Å²) in [6, 6.07) is 5.54. The number of nitrogens with two attached hydrogens (primary N) is 1. The molecule has 20 heavy (non-hydrogen) atoms. The molecule has 0 aliphatic heterocycles. The van der Waals surface area contributed by atoms with Crippen molar-refractivity contribution in [1.29, 1.82) is 0 Å². The molecule has 5 nitrogen and oxygen atoms in total. The van der Waals surface area contributed by atoms with Crippen LogP contribution in [0.2, 0.25) is 0 Å². The highest BCUT2D eigenvalue weighted by Crippen LogP contribution is 2.26. The van der Waals surface area contributed by atoms with Gasteiger partial charge in [-0.05, 0) is 18.2 Å². The Kier molecular flexibility index (Phi) is 3.54. The summed E-state index contributed by atoms with van der Waals surface area (Å²) < 4.78 is 15.9. The summed E-state index contributed by atoms with van der Waals surface area (Å²) in [5, 5.41) is 0. The SMILES string of the molecule is Cn1ccnc1CCS(=O)c1nc2ccc(N)cc2s1. The molecule has 0 aliphatic rings. The Balaban J connectivity index is 1.77. The molecule has 7 heteroatoms. The molecule has 0 spiro atoms. The minimum absolute atomic E-state index is 0.528. The van der Waals surface area contributed by atoms with Crippen LogP contribution < -0.4 is 5.73 Å². The molecule has 104 valence electrons. The van der Waals surface area contributed by atoms with E-state index in [1.165, 1.54) is 11.3 Å². The van der Waals surface area contributed by atoms with Crippen LogP contribution in [-0.4, -0.2) is 24.5 Å². The van der Waals surface area contributed by atoms with E-state index in [1.54, 1.807) is 6.20 Å². The number of hydrogen-bond acceptors (Lipinski definition) is 5. The first-order valence-corrected chi connectivity index (χ1v) is 8.27. The highest BCUT2D eigenvalue weighted by Gasteiger charge is 2.12. The standard InChI is InChI=1S/C13H14N4OS2/c1-17-6-5-15-12(17)4-7-20(18)13-16-10-3-2-9(14)8-11(10)19-13/h2-3,5-6,8H,4,7,14H2,1H3. The Morgan fingerprint density at radius 2 is 2.30 bits per heavy atom. The van der Waals surface area contributed by atoms with E-state index in [0.717, 1.165) is 16.0 Å². The zero-order valence-corrected chi connectivity index (χ0v) is 12.6. The van der Waals surface area contributed by atoms with Gasteiger partial charge in [0.15, 0.2) is 4.34 Å². The molecule has 3 aromatic rings. The molecule has 1 aromatic carbocycles. The van der Waals surface area contributed by atoms with Gasteiger partial charge in [0, 0.05) is 37.3 Å². The first kappa shape index (κ1) is 13.3. The van der Waals surface area contributed by atoms with E-state index in [9.17, 15) is 4.21 Å². The van der Waals surface area contributed by atoms with Gasteiger partial charge < -0.3 is 10.3 Å². The predicted octanol–water partition coefficient (Wildman–Crippen LogP) is 1.96. The van der Waals surface area contributed by atoms with Gasteiger partial charge in [0.05, 0.1) is 21.0 Å². The van der Waals surface area contributed by atoms with Gasteiger partial charge in [-0.25, -0.2) is 9.97 Å². The molecular weight excluding hydrogens is 292 g/mol. The van der Waals surface area contributed by atoms with Gasteiger partial charge in [0.25, 0.3) is 0 Å². The molecular formula is C13H14N4OS2. The minimum atomic E-state index is -1.10. The summed E-state index contributed by atoms with van der Waals surface area (Å²) in [6.45, 7) is 0. The Bertz CT molecular complexity index is 778. The average molecular weight is 306 g/mol. The van der Waals surface area contributed by atoms with Crippen molar-refractivity contribution in [2.75, 3.05) is 11.5 Å². The maximum absolute atomic E-state index is 12.3. The second-order valence-corrected chi connectivity index (χ2v) is 7.24. The lowest BCUT2D eigenvalue weighted by Crippen LogP contribution is -2.05. The van der Waals surface area contributed by atoms with E-state index in [4.69, 9.17) is 5.73 Å². The number of nitrogens with zero attached hydrogens (tertiary/aromatic N) is 3. The summed E-state index contributed by atoms with van der Waals surface area (Å²) in [5.41, 5.74) is 7.29. The van der Waals surface area contributed by atoms with Crippen molar-refractivity contribution in [3.8, 4) is 0 Å². The van der Waals surface area contributed by atoms with Crippen LogP contribution in [0.5, 0.6) is 0 Å². The number of nitrogen functional groups attached to an aromatic ring is 1. The van der Waals surface area contributed by atoms with Gasteiger partial charge in [-0.1, -0.05) is 0 Å². The van der Waals surface area contributed by atoms with Crippen molar-refractivity contribution >= 4 is 38.0 Å². The maximum Gasteiger partial charge on any atom is 0.181 e. The summed E-state index contributed by atoms with van der Waals surface area (Å²) in [5.74, 6) is 1.46. The number of fused-ring (bicyclic) bond motifs is 1. The van der Waals surface area contributed by atoms with E-state index in [1.807, 2.05) is 36.0 Å². The van der Waals surface area contributed by atoms with Crippen LogP contribution in [0.15, 0.2) is 34.9 Å². The number of rotatable bonds is 4. The monoisotopic (exact) mass is 306 g/mol. The predicted molar refractivity (Wildman–Crippen MR) is 82.2 cm³/mol. The molecule has 2 heterocycles. The minimum Gasteiger partial charge on any atom is -0.399 e. The van der Waals surface area contributed by atoms with Gasteiger partial charge in [-0.2, -0.15) is 0 Å². The zero-order valence-electron chi connectivity index (χ0n) is 10.9. The fraction of sp³-hybridized carbons (Fsp3) is 0.231. The lowest BCUT2D eigenvalue weighted by molar-refractivity contribution is 0.680. The highest BCUT2D eigenvalue weighted by atomic mass is 32.2. The maximum atomic E-state index is 12.3. The zero-order chi connectivity index (χ0) is 14.1. The molecule has 1 atom stereocenters. The molecule has 0 aliphatic carbocycles. The van der Waals surface area contributed by atoms with E-state index in [0.29, 0.717) is 22.2 Å². The van der Waals surface area contributed by atoms with Crippen molar-refractivity contribution in [2.24, 2.45) is 7.05 Å². The summed E-state index contributed by atoms with van der Waals surface area (Å²) in [6.07, 6.45) is 4.31. The van der Waals surface area contributed by atoms with Crippen LogP contribution in [0.1, 0.15) is 5.82 Å². The molecule has 1 unspecified atom stereocenters. The largest absolute Gasteiger partial charge is 0.399 e. The van der Waals surface area contributed by atoms with Crippen LogP contribution in [0.4, 0.5) is 5.69 Å². The van der Waals surface area contributed by atoms with E-state index in [-0.39, 0.29) is 0 Å². The Hall–Kier alpha value is -1.73. The van der Waals surface area contributed by atoms with E-state index < -0.39 is 10.8 Å². The van der Waals surface area contributed by atoms with E-state index >= 15 is 0 Å². The molecule has 2 N–H and O–H groups in total. The third-order valence-corrected chi connectivity index (χ3v) is 5.70. The fourth-order valence-corrected chi connectivity index (χ4v) is 4.31. The normalized spacial score (nSPS) is 12.8. The summed E-state index contributed by atoms with van der Waals surface area (Å²) in [4.78, 5) is 8.64. The van der Waals surface area contributed by atoms with Gasteiger partial charge in [0.2, 0.25) is 0 Å². The van der Waals surface area contributed by atoms with Gasteiger partial charge in [-0.15, -0.1) is 11.3 Å². The van der Waals surface area contributed by atoms with Crippen molar-refractivity contribution in [3.63, 3.8) is 0 Å². The van der Waals surface area contributed by atoms with Crippen LogP contribution in [0.3, 0.4) is 0 Å². The smallest absolute Gasteiger partial charge is 0.181 e. The van der Waals surface area contributed by atoms with Gasteiger partial charge in [-0.3, -0.25) is 4.21 Å². The number of benzene rings is 1. The summed E-state index contributed by atoms with van der Waals surface area (Å²) >= 11 is 1.44. The highest BCUT2D eigenvalue weighted by molar-refractivity contribution is 7.87. The first-order valence-electron chi connectivity index (χ1n) is 6.14. The Labute approximate surface area is 122 Å². The second-order valence-electron chi connectivity index (χ2n) is 4.46. The molecule has 2 aromatic heterocycles. The second kappa shape index (κ2) is 5.34. The number of thiazole rings is 1. The van der Waals surface area contributed by atoms with Crippen LogP contribution >= 0.6 is 11.3 Å². The number of imidazole rings is 1. The molecule has 0 fully saturated rings. The average Bonchev–Trinajstić information content (AvgIpc) is 3.01. The Morgan fingerprint density at radius 3 is 3.05 bits per heavy atom. The molecule has 0 saturated carbocycles. The number of anilines is 1. The molecule has 3 rings (SSSR count). The number of aromatic nitrogens is 3. The van der Waals surface area contributed by atoms with Gasteiger partial charge >= 0.3 is 0 Å². The van der Waals surface area contributed by atoms with Crippen LogP contribution in [-0.2, 0) is 24.3 Å². The van der Waals surface area contributed by atoms with Crippen molar-refractivity contribution in [3.05, 3.63) is 36.4 Å². The van der Waals surface area contributed by atoms with Gasteiger partial charge in [0.1, 0.15) is 5.82 Å². The summed E-state index contributed by atoms with van der Waals surface area (Å²) in [7, 11) is 0.834. The fourth-order valence-electron chi connectivity index (χ4n) is 1.93. The molecule has 0 saturated heterocycles. The van der Waals surface area contributed by atoms with Crippen molar-refractivity contribution in [1.82, 2.24) is 14.5 Å². The van der Waals surface area contributed by atoms with E-state index in [2.05, 4.69) is 9.97 Å². The van der Waals surface area contributed by atoms with Crippen molar-refractivity contribution < 1.29 is 4.21 Å². The lowest BCUT2D eigenvalue weighted by atomic mass is 10.3. The topological polar surface area (TPSA) is 73.8 Å². The third-order valence-electron chi connectivity index (χ3n) is 3.02. The Morgan fingerprint density at radius 1 is 1.45 bits per heavy atom. The molecule has 0 radical (unpaired) electrons. The molecule has 0 bridgehead atoms. The first-order chi connectivity index (χ1) is 9.63.